The lowest BCUT2D eigenvalue weighted by Crippen LogP contribution is -2.18. The first kappa shape index (κ1) is 18.4. The van der Waals surface area contributed by atoms with E-state index in [1.807, 2.05) is 0 Å². The average Bonchev–Trinajstić information content (AvgIpc) is 2.36. The minimum absolute atomic E-state index is 0.208. The zero-order chi connectivity index (χ0) is 17.1. The first-order chi connectivity index (χ1) is 9.93. The van der Waals surface area contributed by atoms with Gasteiger partial charge in [0.1, 0.15) is 0 Å². The van der Waals surface area contributed by atoms with Crippen LogP contribution in [0.1, 0.15) is 12.0 Å². The number of sulfone groups is 1. The van der Waals surface area contributed by atoms with E-state index in [1.54, 1.807) is 19.0 Å². The summed E-state index contributed by atoms with van der Waals surface area (Å²) in [7, 11) is -0.578. The van der Waals surface area contributed by atoms with Crippen LogP contribution in [-0.4, -0.2) is 44.6 Å². The van der Waals surface area contributed by atoms with Crippen LogP contribution in [0, 0.1) is 10.1 Å². The van der Waals surface area contributed by atoms with Gasteiger partial charge in [-0.15, -0.1) is 0 Å². The van der Waals surface area contributed by atoms with Crippen LogP contribution in [0.5, 0.6) is 0 Å². The van der Waals surface area contributed by atoms with E-state index in [9.17, 15) is 31.7 Å². The van der Waals surface area contributed by atoms with Gasteiger partial charge in [0.15, 0.2) is 9.84 Å². The van der Waals surface area contributed by atoms with Crippen LogP contribution in [0.3, 0.4) is 0 Å². The molecule has 0 aliphatic rings. The van der Waals surface area contributed by atoms with E-state index in [0.29, 0.717) is 24.7 Å². The predicted molar refractivity (Wildman–Crippen MR) is 73.3 cm³/mol. The van der Waals surface area contributed by atoms with Gasteiger partial charge in [-0.3, -0.25) is 10.1 Å². The van der Waals surface area contributed by atoms with Crippen LogP contribution in [0.4, 0.5) is 18.9 Å². The number of non-ortho nitro benzene ring substituents is 1. The van der Waals surface area contributed by atoms with Gasteiger partial charge >= 0.3 is 6.18 Å². The van der Waals surface area contributed by atoms with Crippen molar-refractivity contribution >= 4 is 15.5 Å². The maximum atomic E-state index is 12.7. The molecule has 0 unspecified atom stereocenters. The molecule has 0 saturated carbocycles. The molecule has 0 N–H and O–H groups in total. The molecule has 0 atom stereocenters. The van der Waals surface area contributed by atoms with E-state index < -0.39 is 37.1 Å². The van der Waals surface area contributed by atoms with Crippen LogP contribution < -0.4 is 0 Å². The second-order valence-electron chi connectivity index (χ2n) is 4.95. The Morgan fingerprint density at radius 3 is 2.27 bits per heavy atom. The number of hydrogen-bond donors (Lipinski definition) is 0. The van der Waals surface area contributed by atoms with Crippen LogP contribution in [-0.2, 0) is 16.0 Å². The highest BCUT2D eigenvalue weighted by Gasteiger charge is 2.34. The summed E-state index contributed by atoms with van der Waals surface area (Å²) in [6.45, 7) is 0.431. The highest BCUT2D eigenvalue weighted by atomic mass is 32.2. The Labute approximate surface area is 125 Å². The molecule has 0 radical (unpaired) electrons. The van der Waals surface area contributed by atoms with Crippen molar-refractivity contribution in [2.75, 3.05) is 26.4 Å². The highest BCUT2D eigenvalue weighted by Crippen LogP contribution is 2.34. The zero-order valence-electron chi connectivity index (χ0n) is 11.9. The van der Waals surface area contributed by atoms with Gasteiger partial charge in [-0.2, -0.15) is 13.2 Å². The Kier molecular flexibility index (Phi) is 5.52. The molecule has 1 aromatic rings. The molecule has 1 aromatic carbocycles. The molecule has 0 heterocycles. The van der Waals surface area contributed by atoms with Gasteiger partial charge in [-0.05, 0) is 33.1 Å². The number of benzene rings is 1. The summed E-state index contributed by atoms with van der Waals surface area (Å²) < 4.78 is 62.3. The van der Waals surface area contributed by atoms with Crippen LogP contribution >= 0.6 is 0 Å². The lowest BCUT2D eigenvalue weighted by Gasteiger charge is -2.11. The number of nitro groups is 1. The molecule has 22 heavy (non-hydrogen) atoms. The molecule has 0 aliphatic heterocycles. The van der Waals surface area contributed by atoms with Gasteiger partial charge in [-0.1, -0.05) is 0 Å². The van der Waals surface area contributed by atoms with Crippen molar-refractivity contribution in [2.24, 2.45) is 0 Å². The third-order valence-corrected chi connectivity index (χ3v) is 4.59. The molecule has 0 fully saturated rings. The standard InChI is InChI=1S/C12H15F3N2O4S/c1-16(2)4-3-5-22(20,21)11-7-9(12(13,14)15)6-10(8-11)17(18)19/h6-8H,3-5H2,1-2H3. The van der Waals surface area contributed by atoms with E-state index in [4.69, 9.17) is 0 Å². The first-order valence-corrected chi connectivity index (χ1v) is 7.83. The molecular weight excluding hydrogens is 325 g/mol. The summed E-state index contributed by atoms with van der Waals surface area (Å²) >= 11 is 0. The van der Waals surface area contributed by atoms with E-state index in [-0.39, 0.29) is 12.2 Å². The normalized spacial score (nSPS) is 12.6. The SMILES string of the molecule is CN(C)CCCS(=O)(=O)c1cc([N+](=O)[O-])cc(C(F)(F)F)c1. The van der Waals surface area contributed by atoms with Crippen LogP contribution in [0.15, 0.2) is 23.1 Å². The summed E-state index contributed by atoms with van der Waals surface area (Å²) in [4.78, 5) is 10.7. The van der Waals surface area contributed by atoms with Gasteiger partial charge in [0.05, 0.1) is 21.1 Å². The van der Waals surface area contributed by atoms with Crippen molar-refractivity contribution in [3.05, 3.63) is 33.9 Å². The van der Waals surface area contributed by atoms with E-state index in [2.05, 4.69) is 0 Å². The van der Waals surface area contributed by atoms with Gasteiger partial charge in [0.25, 0.3) is 5.69 Å². The van der Waals surface area contributed by atoms with Gasteiger partial charge < -0.3 is 4.90 Å². The number of halogens is 3. The Bertz CT molecular complexity index is 657. The number of rotatable bonds is 6. The van der Waals surface area contributed by atoms with Crippen molar-refractivity contribution in [3.8, 4) is 0 Å². The summed E-state index contributed by atoms with van der Waals surface area (Å²) in [6, 6.07) is 1.40. The summed E-state index contributed by atoms with van der Waals surface area (Å²) in [5, 5.41) is 10.7. The zero-order valence-corrected chi connectivity index (χ0v) is 12.7. The fraction of sp³-hybridized carbons (Fsp3) is 0.500. The monoisotopic (exact) mass is 340 g/mol. The predicted octanol–water partition coefficient (Wildman–Crippen LogP) is 2.34. The number of alkyl halides is 3. The van der Waals surface area contributed by atoms with Crippen molar-refractivity contribution < 1.29 is 26.5 Å². The molecule has 0 spiro atoms. The molecule has 0 aromatic heterocycles. The maximum absolute atomic E-state index is 12.7. The van der Waals surface area contributed by atoms with Crippen molar-refractivity contribution in [2.45, 2.75) is 17.5 Å². The second kappa shape index (κ2) is 6.61. The molecule has 124 valence electrons. The largest absolute Gasteiger partial charge is 0.416 e. The smallest absolute Gasteiger partial charge is 0.309 e. The Morgan fingerprint density at radius 2 is 1.82 bits per heavy atom. The molecule has 1 rings (SSSR count). The number of nitrogens with zero attached hydrogens (tertiary/aromatic N) is 2. The molecule has 0 bridgehead atoms. The number of nitro benzene ring substituents is 1. The van der Waals surface area contributed by atoms with Crippen LogP contribution in [0.2, 0.25) is 0 Å². The minimum Gasteiger partial charge on any atom is -0.309 e. The van der Waals surface area contributed by atoms with Crippen LogP contribution in [0.25, 0.3) is 0 Å². The van der Waals surface area contributed by atoms with Gasteiger partial charge in [-0.25, -0.2) is 8.42 Å². The summed E-state index contributed by atoms with van der Waals surface area (Å²) in [6.07, 6.45) is -4.65. The quantitative estimate of drug-likeness (QED) is 0.586. The molecule has 10 heteroatoms. The maximum Gasteiger partial charge on any atom is 0.416 e. The van der Waals surface area contributed by atoms with Gasteiger partial charge in [0.2, 0.25) is 0 Å². The molecule has 0 aliphatic carbocycles. The third-order valence-electron chi connectivity index (χ3n) is 2.81. The lowest BCUT2D eigenvalue weighted by atomic mass is 10.2. The Morgan fingerprint density at radius 1 is 1.23 bits per heavy atom. The van der Waals surface area contributed by atoms with Crippen molar-refractivity contribution in [1.82, 2.24) is 4.90 Å². The van der Waals surface area contributed by atoms with E-state index >= 15 is 0 Å². The van der Waals surface area contributed by atoms with Gasteiger partial charge in [0, 0.05) is 12.1 Å². The van der Waals surface area contributed by atoms with Crippen molar-refractivity contribution in [3.63, 3.8) is 0 Å². The molecule has 0 amide bonds. The lowest BCUT2D eigenvalue weighted by molar-refractivity contribution is -0.385. The van der Waals surface area contributed by atoms with E-state index in [0.717, 1.165) is 0 Å². The first-order valence-electron chi connectivity index (χ1n) is 6.17. The topological polar surface area (TPSA) is 80.5 Å². The van der Waals surface area contributed by atoms with E-state index in [1.165, 1.54) is 0 Å². The average molecular weight is 340 g/mol. The summed E-state index contributed by atoms with van der Waals surface area (Å²) in [5.41, 5.74) is -2.26. The Balaban J connectivity index is 3.22. The summed E-state index contributed by atoms with van der Waals surface area (Å²) in [5.74, 6) is -0.385. The fourth-order valence-electron chi connectivity index (χ4n) is 1.72. The van der Waals surface area contributed by atoms with Crippen molar-refractivity contribution in [1.29, 1.82) is 0 Å². The fourth-order valence-corrected chi connectivity index (χ4v) is 3.07. The molecular formula is C12H15F3N2O4S. The third kappa shape index (κ3) is 4.95. The molecule has 6 nitrogen and oxygen atoms in total. The Hall–Kier alpha value is -1.68. The minimum atomic E-state index is -4.86. The molecule has 0 saturated heterocycles. The second-order valence-corrected chi connectivity index (χ2v) is 7.06. The number of hydrogen-bond acceptors (Lipinski definition) is 5. The highest BCUT2D eigenvalue weighted by molar-refractivity contribution is 7.91.